The van der Waals surface area contributed by atoms with Crippen LogP contribution in [0.4, 0.5) is 0 Å². The van der Waals surface area contributed by atoms with E-state index in [9.17, 15) is 0 Å². The van der Waals surface area contributed by atoms with Crippen LogP contribution in [0.25, 0.3) is 10.9 Å². The molecule has 0 amide bonds. The van der Waals surface area contributed by atoms with Crippen LogP contribution in [-0.4, -0.2) is 10.2 Å². The first-order valence-corrected chi connectivity index (χ1v) is 6.37. The molecule has 18 heavy (non-hydrogen) atoms. The maximum atomic E-state index is 4.15. The van der Waals surface area contributed by atoms with E-state index in [1.54, 1.807) is 0 Å². The molecule has 0 spiro atoms. The minimum atomic E-state index is 0.426. The summed E-state index contributed by atoms with van der Waals surface area (Å²) in [6.07, 6.45) is 2.97. The lowest BCUT2D eigenvalue weighted by Gasteiger charge is -2.16. The molecule has 0 fully saturated rings. The predicted molar refractivity (Wildman–Crippen MR) is 74.7 cm³/mol. The lowest BCUT2D eigenvalue weighted by atomic mass is 9.88. The van der Waals surface area contributed by atoms with Crippen molar-refractivity contribution in [2.75, 3.05) is 0 Å². The van der Waals surface area contributed by atoms with Crippen molar-refractivity contribution in [2.24, 2.45) is 0 Å². The van der Waals surface area contributed by atoms with Gasteiger partial charge in [0.2, 0.25) is 0 Å². The molecule has 3 rings (SSSR count). The molecular formula is C16H16N2. The first-order chi connectivity index (χ1) is 8.90. The minimum absolute atomic E-state index is 0.426. The minimum Gasteiger partial charge on any atom is -0.278 e. The van der Waals surface area contributed by atoms with Crippen molar-refractivity contribution < 1.29 is 0 Å². The first-order valence-electron chi connectivity index (χ1n) is 6.37. The van der Waals surface area contributed by atoms with Crippen molar-refractivity contribution in [1.29, 1.82) is 0 Å². The van der Waals surface area contributed by atoms with Gasteiger partial charge in [-0.05, 0) is 17.5 Å². The third-order valence-electron chi connectivity index (χ3n) is 3.49. The molecule has 1 heterocycles. The molecule has 1 aromatic heterocycles. The number of nitrogens with one attached hydrogen (secondary N) is 1. The zero-order valence-electron chi connectivity index (χ0n) is 10.4. The zero-order valence-corrected chi connectivity index (χ0v) is 10.4. The summed E-state index contributed by atoms with van der Waals surface area (Å²) in [4.78, 5) is 0. The Morgan fingerprint density at radius 1 is 1.06 bits per heavy atom. The van der Waals surface area contributed by atoms with Crippen LogP contribution in [0.2, 0.25) is 0 Å². The fourth-order valence-electron chi connectivity index (χ4n) is 2.60. The molecule has 90 valence electrons. The van der Waals surface area contributed by atoms with E-state index in [2.05, 4.69) is 65.7 Å². The van der Waals surface area contributed by atoms with Gasteiger partial charge in [0.25, 0.3) is 0 Å². The monoisotopic (exact) mass is 236 g/mol. The van der Waals surface area contributed by atoms with Gasteiger partial charge in [0.05, 0.1) is 11.7 Å². The molecule has 0 saturated carbocycles. The van der Waals surface area contributed by atoms with Gasteiger partial charge in [-0.25, -0.2) is 0 Å². The highest BCUT2D eigenvalue weighted by atomic mass is 15.1. The van der Waals surface area contributed by atoms with E-state index >= 15 is 0 Å². The van der Waals surface area contributed by atoms with Crippen LogP contribution in [-0.2, 0) is 0 Å². The molecule has 0 aliphatic heterocycles. The van der Waals surface area contributed by atoms with E-state index in [1.807, 2.05) is 6.20 Å². The zero-order chi connectivity index (χ0) is 12.4. The molecule has 2 heteroatoms. The average Bonchev–Trinajstić information content (AvgIpc) is 2.90. The van der Waals surface area contributed by atoms with Crippen LogP contribution >= 0.6 is 0 Å². The summed E-state index contributed by atoms with van der Waals surface area (Å²) in [5.74, 6) is 0.426. The van der Waals surface area contributed by atoms with Crippen molar-refractivity contribution in [1.82, 2.24) is 10.2 Å². The van der Waals surface area contributed by atoms with Gasteiger partial charge in [-0.2, -0.15) is 5.10 Å². The Balaban J connectivity index is 2.15. The summed E-state index contributed by atoms with van der Waals surface area (Å²) in [5.41, 5.74) is 3.86. The Hall–Kier alpha value is -2.09. The number of hydrogen-bond donors (Lipinski definition) is 1. The van der Waals surface area contributed by atoms with Crippen molar-refractivity contribution in [2.45, 2.75) is 19.3 Å². The third kappa shape index (κ3) is 1.80. The molecule has 0 unspecified atom stereocenters. The van der Waals surface area contributed by atoms with Gasteiger partial charge in [-0.1, -0.05) is 55.5 Å². The quantitative estimate of drug-likeness (QED) is 0.728. The van der Waals surface area contributed by atoms with Crippen molar-refractivity contribution >= 4 is 10.9 Å². The first kappa shape index (κ1) is 11.0. The SMILES string of the molecule is CC[C@H](c1ccccc1)c1cccc2cn[nH]c12. The van der Waals surface area contributed by atoms with Gasteiger partial charge >= 0.3 is 0 Å². The lowest BCUT2D eigenvalue weighted by molar-refractivity contribution is 0.781. The second-order valence-electron chi connectivity index (χ2n) is 4.55. The van der Waals surface area contributed by atoms with E-state index in [-0.39, 0.29) is 0 Å². The van der Waals surface area contributed by atoms with Crippen molar-refractivity contribution in [3.05, 3.63) is 65.9 Å². The molecule has 0 radical (unpaired) electrons. The second kappa shape index (κ2) is 4.65. The Kier molecular flexibility index (Phi) is 2.85. The highest BCUT2D eigenvalue weighted by molar-refractivity contribution is 5.82. The molecule has 0 bridgehead atoms. The van der Waals surface area contributed by atoms with Gasteiger partial charge in [-0.3, -0.25) is 5.10 Å². The molecule has 1 atom stereocenters. The number of para-hydroxylation sites is 1. The van der Waals surface area contributed by atoms with Gasteiger partial charge < -0.3 is 0 Å². The largest absolute Gasteiger partial charge is 0.278 e. The number of hydrogen-bond acceptors (Lipinski definition) is 1. The number of aromatic amines is 1. The van der Waals surface area contributed by atoms with E-state index < -0.39 is 0 Å². The second-order valence-corrected chi connectivity index (χ2v) is 4.55. The molecule has 0 saturated heterocycles. The molecule has 0 aliphatic carbocycles. The van der Waals surface area contributed by atoms with Crippen LogP contribution in [0.1, 0.15) is 30.4 Å². The normalized spacial score (nSPS) is 12.7. The maximum Gasteiger partial charge on any atom is 0.0688 e. The topological polar surface area (TPSA) is 28.7 Å². The Morgan fingerprint density at radius 3 is 2.67 bits per heavy atom. The van der Waals surface area contributed by atoms with E-state index in [4.69, 9.17) is 0 Å². The fourth-order valence-corrected chi connectivity index (χ4v) is 2.60. The van der Waals surface area contributed by atoms with Crippen LogP contribution < -0.4 is 0 Å². The Bertz CT molecular complexity index is 640. The van der Waals surface area contributed by atoms with Gasteiger partial charge in [0.1, 0.15) is 0 Å². The number of nitrogens with zero attached hydrogens (tertiary/aromatic N) is 1. The number of rotatable bonds is 3. The summed E-state index contributed by atoms with van der Waals surface area (Å²) >= 11 is 0. The number of H-pyrrole nitrogens is 1. The standard InChI is InChI=1S/C16H16N2/c1-2-14(12-7-4-3-5-8-12)15-10-6-9-13-11-17-18-16(13)15/h3-11,14H,2H2,1H3,(H,17,18)/t14-/m1/s1. The highest BCUT2D eigenvalue weighted by Gasteiger charge is 2.15. The number of fused-ring (bicyclic) bond motifs is 1. The summed E-state index contributed by atoms with van der Waals surface area (Å²) in [7, 11) is 0. The highest BCUT2D eigenvalue weighted by Crippen LogP contribution is 2.31. The van der Waals surface area contributed by atoms with E-state index in [1.165, 1.54) is 16.5 Å². The smallest absolute Gasteiger partial charge is 0.0688 e. The number of aromatic nitrogens is 2. The predicted octanol–water partition coefficient (Wildman–Crippen LogP) is 4.10. The van der Waals surface area contributed by atoms with Crippen molar-refractivity contribution in [3.63, 3.8) is 0 Å². The summed E-state index contributed by atoms with van der Waals surface area (Å²) in [6.45, 7) is 2.23. The van der Waals surface area contributed by atoms with Gasteiger partial charge in [0, 0.05) is 11.3 Å². The fraction of sp³-hybridized carbons (Fsp3) is 0.188. The maximum absolute atomic E-state index is 4.15. The van der Waals surface area contributed by atoms with Gasteiger partial charge in [-0.15, -0.1) is 0 Å². The molecule has 2 aromatic carbocycles. The summed E-state index contributed by atoms with van der Waals surface area (Å²) in [5, 5.41) is 8.45. The van der Waals surface area contributed by atoms with E-state index in [0.717, 1.165) is 11.9 Å². The molecule has 0 aliphatic rings. The lowest BCUT2D eigenvalue weighted by Crippen LogP contribution is -2.00. The van der Waals surface area contributed by atoms with E-state index in [0.29, 0.717) is 5.92 Å². The van der Waals surface area contributed by atoms with Crippen molar-refractivity contribution in [3.8, 4) is 0 Å². The van der Waals surface area contributed by atoms with Crippen LogP contribution in [0.15, 0.2) is 54.7 Å². The number of benzene rings is 2. The van der Waals surface area contributed by atoms with Gasteiger partial charge in [0.15, 0.2) is 0 Å². The summed E-state index contributed by atoms with van der Waals surface area (Å²) in [6, 6.07) is 17.1. The summed E-state index contributed by atoms with van der Waals surface area (Å²) < 4.78 is 0. The molecular weight excluding hydrogens is 220 g/mol. The third-order valence-corrected chi connectivity index (χ3v) is 3.49. The van der Waals surface area contributed by atoms with Crippen LogP contribution in [0.5, 0.6) is 0 Å². The average molecular weight is 236 g/mol. The molecule has 3 aromatic rings. The van der Waals surface area contributed by atoms with Crippen LogP contribution in [0, 0.1) is 0 Å². The molecule has 1 N–H and O–H groups in total. The molecule has 2 nitrogen and oxygen atoms in total. The Morgan fingerprint density at radius 2 is 1.89 bits per heavy atom. The van der Waals surface area contributed by atoms with Crippen LogP contribution in [0.3, 0.4) is 0 Å². The Labute approximate surface area is 107 Å².